The van der Waals surface area contributed by atoms with Crippen LogP contribution in [-0.4, -0.2) is 44.3 Å². The van der Waals surface area contributed by atoms with E-state index in [1.54, 1.807) is 45.2 Å². The summed E-state index contributed by atoms with van der Waals surface area (Å²) in [7, 11) is 1.56. The molecule has 1 aromatic rings. The maximum Gasteiger partial charge on any atom is 0.338 e. The number of methoxy groups -OCH3 is 1. The van der Waals surface area contributed by atoms with E-state index in [4.69, 9.17) is 14.2 Å². The van der Waals surface area contributed by atoms with Crippen molar-refractivity contribution in [2.24, 2.45) is 0 Å². The SMILES string of the molecule is CCOC(=O)C1=C(COC(=O)Cc2ccc(OC)cc2)NC(=O)N[C@@H]1C. The zero-order chi connectivity index (χ0) is 19.1. The first-order valence-electron chi connectivity index (χ1n) is 8.20. The predicted molar refractivity (Wildman–Crippen MR) is 92.4 cm³/mol. The van der Waals surface area contributed by atoms with E-state index >= 15 is 0 Å². The number of carbonyl (C=O) groups is 3. The van der Waals surface area contributed by atoms with E-state index in [0.29, 0.717) is 5.75 Å². The molecule has 0 spiro atoms. The molecule has 2 N–H and O–H groups in total. The molecule has 1 aliphatic heterocycles. The average Bonchev–Trinajstić information content (AvgIpc) is 2.60. The van der Waals surface area contributed by atoms with E-state index in [1.807, 2.05) is 0 Å². The molecule has 2 rings (SSSR count). The van der Waals surface area contributed by atoms with Gasteiger partial charge in [-0.2, -0.15) is 0 Å². The summed E-state index contributed by atoms with van der Waals surface area (Å²) in [5.74, 6) is -0.349. The molecule has 0 aliphatic carbocycles. The molecular formula is C18H22N2O6. The Morgan fingerprint density at radius 3 is 2.46 bits per heavy atom. The molecule has 1 heterocycles. The van der Waals surface area contributed by atoms with Gasteiger partial charge in [-0.05, 0) is 31.5 Å². The van der Waals surface area contributed by atoms with Crippen LogP contribution in [0.15, 0.2) is 35.5 Å². The lowest BCUT2D eigenvalue weighted by Crippen LogP contribution is -2.50. The zero-order valence-electron chi connectivity index (χ0n) is 15.0. The second-order valence-electron chi connectivity index (χ2n) is 5.62. The van der Waals surface area contributed by atoms with Gasteiger partial charge in [0.05, 0.1) is 37.4 Å². The third-order valence-electron chi connectivity index (χ3n) is 3.75. The monoisotopic (exact) mass is 362 g/mol. The van der Waals surface area contributed by atoms with Crippen LogP contribution in [0.4, 0.5) is 4.79 Å². The Labute approximate surface area is 151 Å². The Morgan fingerprint density at radius 1 is 1.15 bits per heavy atom. The van der Waals surface area contributed by atoms with Crippen molar-refractivity contribution >= 4 is 18.0 Å². The quantitative estimate of drug-likeness (QED) is 0.709. The van der Waals surface area contributed by atoms with Crippen molar-refractivity contribution in [1.29, 1.82) is 0 Å². The summed E-state index contributed by atoms with van der Waals surface area (Å²) in [6.07, 6.45) is 0.0633. The van der Waals surface area contributed by atoms with Crippen molar-refractivity contribution in [2.75, 3.05) is 20.3 Å². The molecule has 2 amide bonds. The molecule has 1 atom stereocenters. The number of carbonyl (C=O) groups excluding carboxylic acids is 3. The minimum Gasteiger partial charge on any atom is -0.497 e. The number of ether oxygens (including phenoxy) is 3. The van der Waals surface area contributed by atoms with E-state index < -0.39 is 24.0 Å². The van der Waals surface area contributed by atoms with Gasteiger partial charge in [-0.15, -0.1) is 0 Å². The fraction of sp³-hybridized carbons (Fsp3) is 0.389. The topological polar surface area (TPSA) is 103 Å². The van der Waals surface area contributed by atoms with Crippen molar-refractivity contribution in [2.45, 2.75) is 26.3 Å². The number of rotatable bonds is 7. The standard InChI is InChI=1S/C18H22N2O6/c1-4-25-17(22)16-11(2)19-18(23)20-14(16)10-26-15(21)9-12-5-7-13(24-3)8-6-12/h5-8,11H,4,9-10H2,1-3H3,(H2,19,20,23)/t11-/m1/s1. The molecule has 0 fully saturated rings. The van der Waals surface area contributed by atoms with Gasteiger partial charge in [0.1, 0.15) is 12.4 Å². The van der Waals surface area contributed by atoms with Crippen molar-refractivity contribution in [3.63, 3.8) is 0 Å². The molecule has 0 unspecified atom stereocenters. The number of urea groups is 1. The molecule has 1 aromatic carbocycles. The fourth-order valence-electron chi connectivity index (χ4n) is 2.51. The molecule has 0 bridgehead atoms. The Balaban J connectivity index is 2.03. The molecule has 8 heteroatoms. The normalized spacial score (nSPS) is 16.4. The van der Waals surface area contributed by atoms with Gasteiger partial charge in [-0.1, -0.05) is 12.1 Å². The number of hydrogen-bond acceptors (Lipinski definition) is 6. The lowest BCUT2D eigenvalue weighted by Gasteiger charge is -2.26. The van der Waals surface area contributed by atoms with Gasteiger partial charge in [0.25, 0.3) is 0 Å². The summed E-state index contributed by atoms with van der Waals surface area (Å²) in [5.41, 5.74) is 1.23. The second-order valence-corrected chi connectivity index (χ2v) is 5.62. The summed E-state index contributed by atoms with van der Waals surface area (Å²) in [5, 5.41) is 5.08. The minimum atomic E-state index is -0.561. The molecule has 0 saturated carbocycles. The molecule has 0 saturated heterocycles. The van der Waals surface area contributed by atoms with Gasteiger partial charge in [-0.3, -0.25) is 4.79 Å². The molecule has 1 aliphatic rings. The van der Waals surface area contributed by atoms with Crippen LogP contribution in [0.5, 0.6) is 5.75 Å². The molecule has 8 nitrogen and oxygen atoms in total. The third-order valence-corrected chi connectivity index (χ3v) is 3.75. The molecule has 0 radical (unpaired) electrons. The highest BCUT2D eigenvalue weighted by Gasteiger charge is 2.30. The Morgan fingerprint density at radius 2 is 1.85 bits per heavy atom. The van der Waals surface area contributed by atoms with Crippen LogP contribution in [0.1, 0.15) is 19.4 Å². The summed E-state index contributed by atoms with van der Waals surface area (Å²) >= 11 is 0. The first kappa shape index (κ1) is 19.3. The molecule has 140 valence electrons. The Bertz CT molecular complexity index is 711. The van der Waals surface area contributed by atoms with E-state index in [9.17, 15) is 14.4 Å². The first-order valence-corrected chi connectivity index (χ1v) is 8.20. The van der Waals surface area contributed by atoms with Crippen LogP contribution in [0.25, 0.3) is 0 Å². The van der Waals surface area contributed by atoms with Crippen LogP contribution in [-0.2, 0) is 25.5 Å². The third kappa shape index (κ3) is 4.98. The summed E-state index contributed by atoms with van der Waals surface area (Å²) < 4.78 is 15.3. The smallest absolute Gasteiger partial charge is 0.338 e. The summed E-state index contributed by atoms with van der Waals surface area (Å²) in [6.45, 7) is 3.32. The minimum absolute atomic E-state index is 0.0633. The van der Waals surface area contributed by atoms with Crippen molar-refractivity contribution < 1.29 is 28.6 Å². The van der Waals surface area contributed by atoms with Crippen LogP contribution in [0, 0.1) is 0 Å². The van der Waals surface area contributed by atoms with Crippen LogP contribution >= 0.6 is 0 Å². The summed E-state index contributed by atoms with van der Waals surface area (Å²) in [6, 6.07) is 6.01. The number of amides is 2. The maximum absolute atomic E-state index is 12.1. The lowest BCUT2D eigenvalue weighted by atomic mass is 10.0. The van der Waals surface area contributed by atoms with Gasteiger partial charge in [-0.25, -0.2) is 9.59 Å². The van der Waals surface area contributed by atoms with Gasteiger partial charge >= 0.3 is 18.0 Å². The highest BCUT2D eigenvalue weighted by Crippen LogP contribution is 2.15. The Hall–Kier alpha value is -3.03. The van der Waals surface area contributed by atoms with Crippen LogP contribution in [0.2, 0.25) is 0 Å². The van der Waals surface area contributed by atoms with Crippen LogP contribution in [0.3, 0.4) is 0 Å². The number of nitrogens with one attached hydrogen (secondary N) is 2. The fourth-order valence-corrected chi connectivity index (χ4v) is 2.51. The van der Waals surface area contributed by atoms with E-state index in [2.05, 4.69) is 10.6 Å². The van der Waals surface area contributed by atoms with E-state index in [1.165, 1.54) is 0 Å². The van der Waals surface area contributed by atoms with Gasteiger partial charge in [0.2, 0.25) is 0 Å². The number of hydrogen-bond donors (Lipinski definition) is 2. The second kappa shape index (κ2) is 8.89. The van der Waals surface area contributed by atoms with Gasteiger partial charge in [0.15, 0.2) is 0 Å². The molecule has 0 aromatic heterocycles. The number of benzene rings is 1. The van der Waals surface area contributed by atoms with E-state index in [-0.39, 0.29) is 30.9 Å². The van der Waals surface area contributed by atoms with Crippen molar-refractivity contribution in [1.82, 2.24) is 10.6 Å². The molecule has 26 heavy (non-hydrogen) atoms. The number of esters is 2. The maximum atomic E-state index is 12.1. The molecular weight excluding hydrogens is 340 g/mol. The largest absolute Gasteiger partial charge is 0.497 e. The Kier molecular flexibility index (Phi) is 6.60. The predicted octanol–water partition coefficient (Wildman–Crippen LogP) is 1.30. The van der Waals surface area contributed by atoms with Crippen molar-refractivity contribution in [3.05, 3.63) is 41.1 Å². The highest BCUT2D eigenvalue weighted by molar-refractivity contribution is 5.94. The lowest BCUT2D eigenvalue weighted by molar-refractivity contribution is -0.143. The van der Waals surface area contributed by atoms with Gasteiger partial charge < -0.3 is 24.8 Å². The highest BCUT2D eigenvalue weighted by atomic mass is 16.5. The zero-order valence-corrected chi connectivity index (χ0v) is 15.0. The van der Waals surface area contributed by atoms with Gasteiger partial charge in [0, 0.05) is 0 Å². The first-order chi connectivity index (χ1) is 12.4. The van der Waals surface area contributed by atoms with Crippen LogP contribution < -0.4 is 15.4 Å². The van der Waals surface area contributed by atoms with E-state index in [0.717, 1.165) is 5.56 Å². The average molecular weight is 362 g/mol. The summed E-state index contributed by atoms with van der Waals surface area (Å²) in [4.78, 5) is 35.8. The van der Waals surface area contributed by atoms with Crippen molar-refractivity contribution in [3.8, 4) is 5.75 Å².